The van der Waals surface area contributed by atoms with E-state index in [1.807, 2.05) is 37.4 Å². The van der Waals surface area contributed by atoms with Crippen LogP contribution in [0.1, 0.15) is 10.5 Å². The van der Waals surface area contributed by atoms with Crippen LogP contribution in [0.15, 0.2) is 67.1 Å². The molecular weight excluding hydrogens is 378 g/mol. The molecule has 8 heteroatoms. The maximum absolute atomic E-state index is 12.2. The first-order valence-electron chi connectivity index (χ1n) is 9.57. The van der Waals surface area contributed by atoms with Crippen LogP contribution in [-0.4, -0.2) is 46.0 Å². The van der Waals surface area contributed by atoms with Gasteiger partial charge in [0.15, 0.2) is 0 Å². The summed E-state index contributed by atoms with van der Waals surface area (Å²) >= 11 is 0. The van der Waals surface area contributed by atoms with Crippen LogP contribution in [0.2, 0.25) is 0 Å². The summed E-state index contributed by atoms with van der Waals surface area (Å²) in [6.45, 7) is 1.22. The van der Waals surface area contributed by atoms with Gasteiger partial charge in [-0.25, -0.2) is 15.0 Å². The summed E-state index contributed by atoms with van der Waals surface area (Å²) < 4.78 is 0. The van der Waals surface area contributed by atoms with Crippen molar-refractivity contribution in [2.24, 2.45) is 0 Å². The van der Waals surface area contributed by atoms with Crippen LogP contribution in [0, 0.1) is 0 Å². The lowest BCUT2D eigenvalue weighted by Crippen LogP contribution is -2.31. The third-order valence-corrected chi connectivity index (χ3v) is 4.48. The number of benzene rings is 1. The highest BCUT2D eigenvalue weighted by Gasteiger charge is 2.09. The Morgan fingerprint density at radius 3 is 2.67 bits per heavy atom. The van der Waals surface area contributed by atoms with Crippen molar-refractivity contribution in [3.63, 3.8) is 0 Å². The number of carbonyl (C=O) groups excluding carboxylic acids is 1. The monoisotopic (exact) mass is 399 g/mol. The molecule has 0 radical (unpaired) electrons. The third kappa shape index (κ3) is 4.56. The van der Waals surface area contributed by atoms with E-state index in [1.54, 1.807) is 36.8 Å². The van der Waals surface area contributed by atoms with E-state index in [0.717, 1.165) is 22.0 Å². The van der Waals surface area contributed by atoms with Crippen molar-refractivity contribution in [1.82, 2.24) is 30.6 Å². The van der Waals surface area contributed by atoms with Gasteiger partial charge in [-0.1, -0.05) is 12.1 Å². The molecule has 0 aliphatic heterocycles. The average Bonchev–Trinajstić information content (AvgIpc) is 2.79. The van der Waals surface area contributed by atoms with E-state index in [0.29, 0.717) is 30.5 Å². The Morgan fingerprint density at radius 2 is 1.83 bits per heavy atom. The van der Waals surface area contributed by atoms with Gasteiger partial charge in [0.05, 0.1) is 5.52 Å². The Balaban J connectivity index is 1.51. The molecule has 1 aromatic carbocycles. The maximum Gasteiger partial charge on any atom is 0.270 e. The molecule has 3 aromatic heterocycles. The van der Waals surface area contributed by atoms with Gasteiger partial charge < -0.3 is 16.0 Å². The summed E-state index contributed by atoms with van der Waals surface area (Å²) in [5, 5.41) is 9.79. The van der Waals surface area contributed by atoms with Gasteiger partial charge in [-0.2, -0.15) is 0 Å². The van der Waals surface area contributed by atoms with Gasteiger partial charge in [-0.3, -0.25) is 9.78 Å². The Bertz CT molecular complexity index is 1160. The van der Waals surface area contributed by atoms with E-state index >= 15 is 0 Å². The van der Waals surface area contributed by atoms with Gasteiger partial charge >= 0.3 is 0 Å². The zero-order chi connectivity index (χ0) is 20.8. The number of aromatic nitrogens is 4. The summed E-state index contributed by atoms with van der Waals surface area (Å²) in [5.41, 5.74) is 3.31. The molecule has 0 bridgehead atoms. The molecule has 0 aliphatic carbocycles. The van der Waals surface area contributed by atoms with Gasteiger partial charge in [0.2, 0.25) is 5.95 Å². The van der Waals surface area contributed by atoms with Crippen molar-refractivity contribution < 1.29 is 4.79 Å². The zero-order valence-electron chi connectivity index (χ0n) is 16.5. The highest BCUT2D eigenvalue weighted by Crippen LogP contribution is 2.23. The second kappa shape index (κ2) is 9.06. The largest absolute Gasteiger partial charge is 0.349 e. The van der Waals surface area contributed by atoms with E-state index in [-0.39, 0.29) is 5.91 Å². The SMILES string of the molecule is CNCCNC(=O)c1cccc(Nc2ncc3cc(-c4ccncc4)ccc3n2)n1. The molecule has 4 aromatic rings. The van der Waals surface area contributed by atoms with Crippen LogP contribution in [0.4, 0.5) is 11.8 Å². The minimum atomic E-state index is -0.225. The number of likely N-dealkylation sites (N-methyl/N-ethyl adjacent to an activating group) is 1. The molecule has 0 aliphatic rings. The average molecular weight is 399 g/mol. The van der Waals surface area contributed by atoms with Crippen LogP contribution in [0.3, 0.4) is 0 Å². The summed E-state index contributed by atoms with van der Waals surface area (Å²) in [6.07, 6.45) is 5.31. The smallest absolute Gasteiger partial charge is 0.270 e. The molecule has 4 rings (SSSR count). The number of nitrogens with one attached hydrogen (secondary N) is 3. The molecule has 3 heterocycles. The fraction of sp³-hybridized carbons (Fsp3) is 0.136. The van der Waals surface area contributed by atoms with Crippen molar-refractivity contribution in [3.8, 4) is 11.1 Å². The van der Waals surface area contributed by atoms with Gasteiger partial charge in [0.1, 0.15) is 11.5 Å². The second-order valence-electron chi connectivity index (χ2n) is 6.60. The van der Waals surface area contributed by atoms with Crippen molar-refractivity contribution in [3.05, 3.63) is 72.8 Å². The van der Waals surface area contributed by atoms with Crippen LogP contribution in [-0.2, 0) is 0 Å². The fourth-order valence-corrected chi connectivity index (χ4v) is 2.95. The molecule has 1 amide bonds. The number of carbonyl (C=O) groups is 1. The molecule has 0 saturated heterocycles. The molecule has 3 N–H and O–H groups in total. The maximum atomic E-state index is 12.2. The predicted molar refractivity (Wildman–Crippen MR) is 117 cm³/mol. The molecule has 0 unspecified atom stereocenters. The number of amides is 1. The van der Waals surface area contributed by atoms with Crippen LogP contribution in [0.25, 0.3) is 22.0 Å². The topological polar surface area (TPSA) is 105 Å². The molecule has 0 fully saturated rings. The van der Waals surface area contributed by atoms with Gasteiger partial charge in [-0.05, 0) is 54.6 Å². The number of hydrogen-bond donors (Lipinski definition) is 3. The van der Waals surface area contributed by atoms with Crippen LogP contribution >= 0.6 is 0 Å². The van der Waals surface area contributed by atoms with E-state index in [9.17, 15) is 4.79 Å². The van der Waals surface area contributed by atoms with E-state index in [4.69, 9.17) is 0 Å². The number of pyridine rings is 2. The molecule has 30 heavy (non-hydrogen) atoms. The first-order valence-corrected chi connectivity index (χ1v) is 9.57. The Morgan fingerprint density at radius 1 is 0.967 bits per heavy atom. The van der Waals surface area contributed by atoms with Gasteiger partial charge in [0.25, 0.3) is 5.91 Å². The second-order valence-corrected chi connectivity index (χ2v) is 6.60. The number of nitrogens with zero attached hydrogens (tertiary/aromatic N) is 4. The van der Waals surface area contributed by atoms with E-state index < -0.39 is 0 Å². The van der Waals surface area contributed by atoms with E-state index in [2.05, 4.69) is 35.9 Å². The molecule has 0 saturated carbocycles. The Labute approximate surface area is 173 Å². The standard InChI is InChI=1S/C22H21N7O/c1-23-11-12-25-21(30)19-3-2-4-20(27-19)29-22-26-14-17-13-16(5-6-18(17)28-22)15-7-9-24-10-8-15/h2-10,13-14,23H,11-12H2,1H3,(H,25,30)(H,26,27,28,29). The highest BCUT2D eigenvalue weighted by atomic mass is 16.1. The summed E-state index contributed by atoms with van der Waals surface area (Å²) in [5.74, 6) is 0.695. The van der Waals surface area contributed by atoms with Gasteiger partial charge in [-0.15, -0.1) is 0 Å². The Kier molecular flexibility index (Phi) is 5.86. The Hall–Kier alpha value is -3.91. The van der Waals surface area contributed by atoms with Crippen molar-refractivity contribution in [1.29, 1.82) is 0 Å². The lowest BCUT2D eigenvalue weighted by atomic mass is 10.1. The lowest BCUT2D eigenvalue weighted by molar-refractivity contribution is 0.0949. The molecule has 0 spiro atoms. The summed E-state index contributed by atoms with van der Waals surface area (Å²) in [7, 11) is 1.83. The normalized spacial score (nSPS) is 10.7. The molecule has 8 nitrogen and oxygen atoms in total. The number of hydrogen-bond acceptors (Lipinski definition) is 7. The molecule has 150 valence electrons. The molecular formula is C22H21N7O. The number of fused-ring (bicyclic) bond motifs is 1. The minimum Gasteiger partial charge on any atom is -0.349 e. The van der Waals surface area contributed by atoms with Gasteiger partial charge in [0, 0.05) is 37.1 Å². The highest BCUT2D eigenvalue weighted by molar-refractivity contribution is 5.92. The van der Waals surface area contributed by atoms with Crippen molar-refractivity contribution in [2.75, 3.05) is 25.5 Å². The third-order valence-electron chi connectivity index (χ3n) is 4.48. The van der Waals surface area contributed by atoms with Crippen LogP contribution < -0.4 is 16.0 Å². The first-order chi connectivity index (χ1) is 14.7. The van der Waals surface area contributed by atoms with Crippen molar-refractivity contribution >= 4 is 28.6 Å². The lowest BCUT2D eigenvalue weighted by Gasteiger charge is -2.08. The summed E-state index contributed by atoms with van der Waals surface area (Å²) in [4.78, 5) is 29.5. The predicted octanol–water partition coefficient (Wildman–Crippen LogP) is 2.78. The van der Waals surface area contributed by atoms with E-state index in [1.165, 1.54) is 0 Å². The minimum absolute atomic E-state index is 0.225. The van der Waals surface area contributed by atoms with Crippen LogP contribution in [0.5, 0.6) is 0 Å². The van der Waals surface area contributed by atoms with Crippen molar-refractivity contribution in [2.45, 2.75) is 0 Å². The molecule has 0 atom stereocenters. The summed E-state index contributed by atoms with van der Waals surface area (Å²) in [6, 6.07) is 15.1. The first kappa shape index (κ1) is 19.4. The number of anilines is 2. The fourth-order valence-electron chi connectivity index (χ4n) is 2.95. The zero-order valence-corrected chi connectivity index (χ0v) is 16.5. The number of rotatable bonds is 7. The quantitative estimate of drug-likeness (QED) is 0.411.